The fraction of sp³-hybridized carbons (Fsp3) is 0.364. The van der Waals surface area contributed by atoms with Gasteiger partial charge in [0.2, 0.25) is 0 Å². The van der Waals surface area contributed by atoms with E-state index < -0.39 is 11.6 Å². The zero-order valence-electron chi connectivity index (χ0n) is 8.12. The summed E-state index contributed by atoms with van der Waals surface area (Å²) in [6.45, 7) is 0.0370. The van der Waals surface area contributed by atoms with Gasteiger partial charge in [0.25, 0.3) is 0 Å². The van der Waals surface area contributed by atoms with E-state index in [1.807, 2.05) is 0 Å². The van der Waals surface area contributed by atoms with E-state index in [2.05, 4.69) is 5.16 Å². The fourth-order valence-electron chi connectivity index (χ4n) is 1.12. The van der Waals surface area contributed by atoms with Crippen LogP contribution in [0.5, 0.6) is 0 Å². The molecule has 15 heavy (non-hydrogen) atoms. The van der Waals surface area contributed by atoms with Crippen LogP contribution in [0, 0.1) is 17.6 Å². The first-order chi connectivity index (χ1) is 7.25. The van der Waals surface area contributed by atoms with Crippen LogP contribution in [0.15, 0.2) is 23.4 Å². The molecule has 0 unspecified atom stereocenters. The fourth-order valence-corrected chi connectivity index (χ4v) is 1.12. The predicted molar refractivity (Wildman–Crippen MR) is 52.4 cm³/mol. The molecule has 1 aliphatic rings. The van der Waals surface area contributed by atoms with Gasteiger partial charge >= 0.3 is 0 Å². The number of oxime groups is 1. The van der Waals surface area contributed by atoms with Gasteiger partial charge in [-0.15, -0.1) is 0 Å². The van der Waals surface area contributed by atoms with Gasteiger partial charge in [-0.3, -0.25) is 0 Å². The Morgan fingerprint density at radius 2 is 2.20 bits per heavy atom. The summed E-state index contributed by atoms with van der Waals surface area (Å²) in [5.41, 5.74) is 0.310. The van der Waals surface area contributed by atoms with Crippen molar-refractivity contribution in [3.05, 3.63) is 35.4 Å². The number of rotatable bonds is 4. The summed E-state index contributed by atoms with van der Waals surface area (Å²) < 4.78 is 25.6. The van der Waals surface area contributed by atoms with Crippen LogP contribution < -0.4 is 0 Å². The smallest absolute Gasteiger partial charge is 0.145 e. The van der Waals surface area contributed by atoms with E-state index >= 15 is 0 Å². The summed E-state index contributed by atoms with van der Waals surface area (Å²) in [6, 6.07) is 3.40. The van der Waals surface area contributed by atoms with E-state index in [1.54, 1.807) is 6.21 Å². The Labute approximate surface area is 86.5 Å². The second-order valence-electron chi connectivity index (χ2n) is 3.60. The number of halogens is 2. The third-order valence-corrected chi connectivity index (χ3v) is 2.20. The van der Waals surface area contributed by atoms with E-state index in [1.165, 1.54) is 12.1 Å². The van der Waals surface area contributed by atoms with Crippen molar-refractivity contribution in [3.63, 3.8) is 0 Å². The molecular weight excluding hydrogens is 200 g/mol. The lowest BCUT2D eigenvalue weighted by Crippen LogP contribution is -1.93. The molecule has 1 aromatic carbocycles. The highest BCUT2D eigenvalue weighted by atomic mass is 19.1. The van der Waals surface area contributed by atoms with Crippen LogP contribution in [0.1, 0.15) is 18.4 Å². The Bertz CT molecular complexity index is 375. The third kappa shape index (κ3) is 3.01. The Morgan fingerprint density at radius 3 is 2.87 bits per heavy atom. The van der Waals surface area contributed by atoms with Gasteiger partial charge < -0.3 is 4.84 Å². The molecule has 0 bridgehead atoms. The van der Waals surface area contributed by atoms with Crippen LogP contribution in [0.3, 0.4) is 0 Å². The largest absolute Gasteiger partial charge is 0.391 e. The molecule has 1 aliphatic carbocycles. The molecule has 1 fully saturated rings. The van der Waals surface area contributed by atoms with Crippen LogP contribution in [-0.2, 0) is 11.4 Å². The minimum absolute atomic E-state index is 0.0370. The second kappa shape index (κ2) is 4.38. The van der Waals surface area contributed by atoms with Gasteiger partial charge in [0.1, 0.15) is 18.2 Å². The van der Waals surface area contributed by atoms with Gasteiger partial charge in [0.15, 0.2) is 0 Å². The number of benzene rings is 1. The van der Waals surface area contributed by atoms with Crippen LogP contribution in [0.25, 0.3) is 0 Å². The molecule has 0 aliphatic heterocycles. The van der Waals surface area contributed by atoms with Crippen molar-refractivity contribution < 1.29 is 13.6 Å². The highest BCUT2D eigenvalue weighted by Crippen LogP contribution is 2.26. The first-order valence-corrected chi connectivity index (χ1v) is 4.85. The van der Waals surface area contributed by atoms with Crippen molar-refractivity contribution in [2.45, 2.75) is 19.4 Å². The maximum Gasteiger partial charge on any atom is 0.145 e. The van der Waals surface area contributed by atoms with E-state index in [-0.39, 0.29) is 6.61 Å². The Kier molecular flexibility index (Phi) is 2.94. The normalized spacial score (nSPS) is 15.9. The maximum atomic E-state index is 13.1. The van der Waals surface area contributed by atoms with Crippen LogP contribution in [-0.4, -0.2) is 6.21 Å². The average Bonchev–Trinajstić information content (AvgIpc) is 2.99. The molecule has 0 radical (unpaired) electrons. The molecule has 0 saturated heterocycles. The first kappa shape index (κ1) is 10.1. The Hall–Kier alpha value is -1.45. The molecule has 80 valence electrons. The summed E-state index contributed by atoms with van der Waals surface area (Å²) in [7, 11) is 0. The monoisotopic (exact) mass is 211 g/mol. The van der Waals surface area contributed by atoms with Crippen LogP contribution in [0.4, 0.5) is 8.78 Å². The molecule has 0 aromatic heterocycles. The molecule has 2 rings (SSSR count). The van der Waals surface area contributed by atoms with E-state index in [9.17, 15) is 8.78 Å². The third-order valence-electron chi connectivity index (χ3n) is 2.20. The molecule has 0 amide bonds. The summed E-state index contributed by atoms with van der Waals surface area (Å²) in [4.78, 5) is 4.90. The maximum absolute atomic E-state index is 13.1. The van der Waals surface area contributed by atoms with Crippen molar-refractivity contribution in [2.24, 2.45) is 11.1 Å². The first-order valence-electron chi connectivity index (χ1n) is 4.85. The molecular formula is C11H11F2NO. The summed E-state index contributed by atoms with van der Waals surface area (Å²) in [6.07, 6.45) is 4.02. The molecule has 0 spiro atoms. The van der Waals surface area contributed by atoms with Crippen molar-refractivity contribution in [1.82, 2.24) is 0 Å². The Balaban J connectivity index is 1.86. The molecule has 4 heteroatoms. The van der Waals surface area contributed by atoms with Crippen molar-refractivity contribution in [3.8, 4) is 0 Å². The van der Waals surface area contributed by atoms with Gasteiger partial charge in [-0.25, -0.2) is 8.78 Å². The van der Waals surface area contributed by atoms with Gasteiger partial charge in [-0.1, -0.05) is 5.16 Å². The topological polar surface area (TPSA) is 21.6 Å². The predicted octanol–water partition coefficient (Wildman–Crippen LogP) is 2.88. The summed E-state index contributed by atoms with van der Waals surface area (Å²) >= 11 is 0. The quantitative estimate of drug-likeness (QED) is 0.554. The lowest BCUT2D eigenvalue weighted by molar-refractivity contribution is 0.128. The second-order valence-corrected chi connectivity index (χ2v) is 3.60. The number of hydrogen-bond acceptors (Lipinski definition) is 2. The van der Waals surface area contributed by atoms with Crippen molar-refractivity contribution in [1.29, 1.82) is 0 Å². The van der Waals surface area contributed by atoms with Crippen LogP contribution in [0.2, 0.25) is 0 Å². The van der Waals surface area contributed by atoms with E-state index in [4.69, 9.17) is 4.84 Å². The highest BCUT2D eigenvalue weighted by molar-refractivity contribution is 5.62. The standard InChI is InChI=1S/C11H11F2NO/c12-10-4-3-9(11(13)5-10)7-15-14-6-8-1-2-8/h3-6,8H,1-2,7H2. The summed E-state index contributed by atoms with van der Waals surface area (Å²) in [5.74, 6) is -0.655. The Morgan fingerprint density at radius 1 is 1.40 bits per heavy atom. The number of nitrogens with zero attached hydrogens (tertiary/aromatic N) is 1. The molecule has 0 atom stereocenters. The van der Waals surface area contributed by atoms with Crippen molar-refractivity contribution in [2.75, 3.05) is 0 Å². The molecule has 1 aromatic rings. The molecule has 0 heterocycles. The zero-order valence-corrected chi connectivity index (χ0v) is 8.12. The lowest BCUT2D eigenvalue weighted by atomic mass is 10.2. The van der Waals surface area contributed by atoms with Gasteiger partial charge in [-0.05, 0) is 30.9 Å². The van der Waals surface area contributed by atoms with Crippen molar-refractivity contribution >= 4 is 6.21 Å². The summed E-state index contributed by atoms with van der Waals surface area (Å²) in [5, 5.41) is 3.71. The van der Waals surface area contributed by atoms with Crippen LogP contribution >= 0.6 is 0 Å². The number of hydrogen-bond donors (Lipinski definition) is 0. The minimum atomic E-state index is -0.600. The zero-order chi connectivity index (χ0) is 10.7. The lowest BCUT2D eigenvalue weighted by Gasteiger charge is -2.01. The van der Waals surface area contributed by atoms with E-state index in [0.29, 0.717) is 11.5 Å². The highest BCUT2D eigenvalue weighted by Gasteiger charge is 2.18. The molecule has 2 nitrogen and oxygen atoms in total. The van der Waals surface area contributed by atoms with E-state index in [0.717, 1.165) is 18.9 Å². The van der Waals surface area contributed by atoms with Gasteiger partial charge in [0.05, 0.1) is 0 Å². The van der Waals surface area contributed by atoms with Gasteiger partial charge in [0, 0.05) is 17.8 Å². The SMILES string of the molecule is Fc1ccc(CON=CC2CC2)c(F)c1. The van der Waals surface area contributed by atoms with Gasteiger partial charge in [-0.2, -0.15) is 0 Å². The molecule has 0 N–H and O–H groups in total. The average molecular weight is 211 g/mol. The molecule has 1 saturated carbocycles. The minimum Gasteiger partial charge on any atom is -0.391 e.